The molecule has 2 rings (SSSR count). The number of carbonyl (C=O) groups is 1. The number of amides is 1. The maximum absolute atomic E-state index is 12.2. The minimum Gasteiger partial charge on any atom is -0.497 e. The van der Waals surface area contributed by atoms with E-state index in [9.17, 15) is 4.79 Å². The Morgan fingerprint density at radius 1 is 1.50 bits per heavy atom. The lowest BCUT2D eigenvalue weighted by Crippen LogP contribution is -2.44. The highest BCUT2D eigenvalue weighted by Gasteiger charge is 2.36. The van der Waals surface area contributed by atoms with E-state index in [2.05, 4.69) is 0 Å². The molecule has 0 aliphatic carbocycles. The minimum absolute atomic E-state index is 0.0887. The second-order valence-corrected chi connectivity index (χ2v) is 5.14. The third kappa shape index (κ3) is 2.64. The molecule has 0 atom stereocenters. The molecule has 4 heteroatoms. The predicted molar refractivity (Wildman–Crippen MR) is 68.4 cm³/mol. The van der Waals surface area contributed by atoms with Crippen LogP contribution in [0.1, 0.15) is 19.4 Å². The number of hydrogen-bond acceptors (Lipinski definition) is 3. The molecule has 1 aliphatic rings. The second kappa shape index (κ2) is 4.98. The normalized spacial score (nSPS) is 17.8. The number of benzene rings is 1. The van der Waals surface area contributed by atoms with Gasteiger partial charge in [-0.1, -0.05) is 12.1 Å². The molecule has 0 unspecified atom stereocenters. The van der Waals surface area contributed by atoms with Crippen molar-refractivity contribution >= 4 is 5.91 Å². The smallest absolute Gasteiger partial charge is 0.229 e. The molecule has 1 heterocycles. The van der Waals surface area contributed by atoms with Gasteiger partial charge in [0.15, 0.2) is 0 Å². The quantitative estimate of drug-likeness (QED) is 0.820. The van der Waals surface area contributed by atoms with E-state index in [1.54, 1.807) is 12.0 Å². The van der Waals surface area contributed by atoms with Gasteiger partial charge in [0.1, 0.15) is 12.5 Å². The van der Waals surface area contributed by atoms with Gasteiger partial charge in [-0.3, -0.25) is 4.79 Å². The average Bonchev–Trinajstić information content (AvgIpc) is 2.69. The summed E-state index contributed by atoms with van der Waals surface area (Å²) in [5, 5.41) is 0. The number of hydrogen-bond donors (Lipinski definition) is 0. The van der Waals surface area contributed by atoms with Gasteiger partial charge in [-0.25, -0.2) is 0 Å². The summed E-state index contributed by atoms with van der Waals surface area (Å²) >= 11 is 0. The lowest BCUT2D eigenvalue weighted by atomic mass is 10.0. The fourth-order valence-electron chi connectivity index (χ4n) is 2.10. The van der Waals surface area contributed by atoms with Crippen LogP contribution in [-0.4, -0.2) is 36.8 Å². The fourth-order valence-corrected chi connectivity index (χ4v) is 2.10. The monoisotopic (exact) mass is 249 g/mol. The van der Waals surface area contributed by atoms with Crippen LogP contribution in [0.25, 0.3) is 0 Å². The summed E-state index contributed by atoms with van der Waals surface area (Å²) in [6, 6.07) is 7.59. The molecule has 1 aromatic carbocycles. The maximum Gasteiger partial charge on any atom is 0.229 e. The molecule has 1 saturated heterocycles. The van der Waals surface area contributed by atoms with Crippen molar-refractivity contribution in [2.45, 2.75) is 25.8 Å². The summed E-state index contributed by atoms with van der Waals surface area (Å²) in [5.41, 5.74) is 0.748. The van der Waals surface area contributed by atoms with Gasteiger partial charge in [0.2, 0.25) is 5.91 Å². The standard InChI is InChI=1S/C14H19NO3/c1-14(2)9-18-10-15(14)13(16)8-11-5-4-6-12(7-11)17-3/h4-7H,8-10H2,1-3H3. The third-order valence-corrected chi connectivity index (χ3v) is 3.20. The van der Waals surface area contributed by atoms with Crippen LogP contribution < -0.4 is 4.74 Å². The van der Waals surface area contributed by atoms with E-state index in [1.165, 1.54) is 0 Å². The average molecular weight is 249 g/mol. The van der Waals surface area contributed by atoms with E-state index >= 15 is 0 Å². The molecule has 0 bridgehead atoms. The first-order valence-electron chi connectivity index (χ1n) is 6.04. The first-order valence-corrected chi connectivity index (χ1v) is 6.04. The van der Waals surface area contributed by atoms with Crippen molar-refractivity contribution in [1.82, 2.24) is 4.90 Å². The summed E-state index contributed by atoms with van der Waals surface area (Å²) in [5.74, 6) is 0.864. The molecule has 4 nitrogen and oxygen atoms in total. The summed E-state index contributed by atoms with van der Waals surface area (Å²) in [6.45, 7) is 5.01. The van der Waals surface area contributed by atoms with E-state index in [4.69, 9.17) is 9.47 Å². The zero-order valence-corrected chi connectivity index (χ0v) is 11.1. The lowest BCUT2D eigenvalue weighted by Gasteiger charge is -2.29. The van der Waals surface area contributed by atoms with E-state index in [0.717, 1.165) is 11.3 Å². The molecular formula is C14H19NO3. The van der Waals surface area contributed by atoms with E-state index in [1.807, 2.05) is 38.1 Å². The van der Waals surface area contributed by atoms with Crippen molar-refractivity contribution in [1.29, 1.82) is 0 Å². The number of ether oxygens (including phenoxy) is 2. The topological polar surface area (TPSA) is 38.8 Å². The number of carbonyl (C=O) groups excluding carboxylic acids is 1. The zero-order chi connectivity index (χ0) is 13.2. The molecule has 1 aromatic rings. The van der Waals surface area contributed by atoms with Gasteiger partial charge in [-0.15, -0.1) is 0 Å². The predicted octanol–water partition coefficient (Wildman–Crippen LogP) is 1.83. The Kier molecular flexibility index (Phi) is 3.57. The van der Waals surface area contributed by atoms with E-state index < -0.39 is 0 Å². The first-order chi connectivity index (χ1) is 8.53. The number of methoxy groups -OCH3 is 1. The van der Waals surface area contributed by atoms with Crippen LogP contribution in [0, 0.1) is 0 Å². The number of rotatable bonds is 3. The van der Waals surface area contributed by atoms with Gasteiger partial charge in [0.25, 0.3) is 0 Å². The molecular weight excluding hydrogens is 230 g/mol. The summed E-state index contributed by atoms with van der Waals surface area (Å²) in [6.07, 6.45) is 0.379. The van der Waals surface area contributed by atoms with Crippen LogP contribution in [0.5, 0.6) is 5.75 Å². The van der Waals surface area contributed by atoms with Crippen molar-refractivity contribution < 1.29 is 14.3 Å². The summed E-state index contributed by atoms with van der Waals surface area (Å²) < 4.78 is 10.5. The highest BCUT2D eigenvalue weighted by molar-refractivity contribution is 5.79. The van der Waals surface area contributed by atoms with Crippen molar-refractivity contribution in [3.8, 4) is 5.75 Å². The molecule has 0 radical (unpaired) electrons. The van der Waals surface area contributed by atoms with Crippen LogP contribution >= 0.6 is 0 Å². The van der Waals surface area contributed by atoms with Gasteiger partial charge in [-0.2, -0.15) is 0 Å². The lowest BCUT2D eigenvalue weighted by molar-refractivity contribution is -0.134. The second-order valence-electron chi connectivity index (χ2n) is 5.14. The van der Waals surface area contributed by atoms with Crippen LogP contribution in [-0.2, 0) is 16.0 Å². The molecule has 0 saturated carbocycles. The summed E-state index contributed by atoms with van der Waals surface area (Å²) in [7, 11) is 1.62. The van der Waals surface area contributed by atoms with Crippen molar-refractivity contribution in [2.75, 3.05) is 20.4 Å². The van der Waals surface area contributed by atoms with Crippen molar-refractivity contribution in [2.24, 2.45) is 0 Å². The van der Waals surface area contributed by atoms with Crippen molar-refractivity contribution in [3.05, 3.63) is 29.8 Å². The van der Waals surface area contributed by atoms with Gasteiger partial charge in [-0.05, 0) is 31.5 Å². The Labute approximate surface area is 107 Å². The third-order valence-electron chi connectivity index (χ3n) is 3.20. The Hall–Kier alpha value is -1.55. The molecule has 1 aliphatic heterocycles. The first kappa shape index (κ1) is 12.9. The largest absolute Gasteiger partial charge is 0.497 e. The zero-order valence-electron chi connectivity index (χ0n) is 11.1. The number of nitrogens with zero attached hydrogens (tertiary/aromatic N) is 1. The Balaban J connectivity index is 2.07. The molecule has 0 N–H and O–H groups in total. The van der Waals surface area contributed by atoms with E-state index in [-0.39, 0.29) is 11.4 Å². The van der Waals surface area contributed by atoms with Crippen LogP contribution in [0.4, 0.5) is 0 Å². The SMILES string of the molecule is COc1cccc(CC(=O)N2COCC2(C)C)c1. The van der Waals surface area contributed by atoms with Crippen LogP contribution in [0.15, 0.2) is 24.3 Å². The Morgan fingerprint density at radius 2 is 2.28 bits per heavy atom. The highest BCUT2D eigenvalue weighted by Crippen LogP contribution is 2.23. The minimum atomic E-state index is -0.212. The molecule has 98 valence electrons. The maximum atomic E-state index is 12.2. The van der Waals surface area contributed by atoms with Crippen molar-refractivity contribution in [3.63, 3.8) is 0 Å². The molecule has 0 aromatic heterocycles. The van der Waals surface area contributed by atoms with Crippen LogP contribution in [0.3, 0.4) is 0 Å². The Bertz CT molecular complexity index is 442. The van der Waals surface area contributed by atoms with Gasteiger partial charge < -0.3 is 14.4 Å². The van der Waals surface area contributed by atoms with Gasteiger partial charge >= 0.3 is 0 Å². The Morgan fingerprint density at radius 3 is 2.89 bits per heavy atom. The van der Waals surface area contributed by atoms with Gasteiger partial charge in [0.05, 0.1) is 25.7 Å². The van der Waals surface area contributed by atoms with E-state index in [0.29, 0.717) is 19.8 Å². The van der Waals surface area contributed by atoms with Gasteiger partial charge in [0, 0.05) is 0 Å². The molecule has 18 heavy (non-hydrogen) atoms. The fraction of sp³-hybridized carbons (Fsp3) is 0.500. The highest BCUT2D eigenvalue weighted by atomic mass is 16.5. The molecule has 1 amide bonds. The van der Waals surface area contributed by atoms with Crippen LogP contribution in [0.2, 0.25) is 0 Å². The molecule has 1 fully saturated rings. The summed E-state index contributed by atoms with van der Waals surface area (Å²) in [4.78, 5) is 14.0. The molecule has 0 spiro atoms.